The van der Waals surface area contributed by atoms with Crippen molar-refractivity contribution in [3.63, 3.8) is 0 Å². The average molecular weight is 318 g/mol. The Bertz CT molecular complexity index is 553. The molecular formula is C20H30O3. The molecule has 0 unspecified atom stereocenters. The normalized spacial score (nSPS) is 52.4. The highest BCUT2D eigenvalue weighted by molar-refractivity contribution is 5.91. The maximum absolute atomic E-state index is 11.9. The molecule has 2 N–H and O–H groups in total. The molecule has 7 atom stereocenters. The van der Waals surface area contributed by atoms with Gasteiger partial charge in [-0.2, -0.15) is 0 Å². The molecule has 4 aliphatic carbocycles. The van der Waals surface area contributed by atoms with E-state index < -0.39 is 0 Å². The summed E-state index contributed by atoms with van der Waals surface area (Å²) in [6.45, 7) is 4.81. The second-order valence-corrected chi connectivity index (χ2v) is 9.06. The molecular weight excluding hydrogens is 288 g/mol. The van der Waals surface area contributed by atoms with Crippen molar-refractivity contribution in [1.29, 1.82) is 0 Å². The van der Waals surface area contributed by atoms with Gasteiger partial charge in [0.1, 0.15) is 0 Å². The van der Waals surface area contributed by atoms with E-state index in [9.17, 15) is 15.0 Å². The van der Waals surface area contributed by atoms with Crippen LogP contribution in [0.25, 0.3) is 0 Å². The van der Waals surface area contributed by atoms with E-state index in [2.05, 4.69) is 13.8 Å². The topological polar surface area (TPSA) is 57.5 Å². The van der Waals surface area contributed by atoms with Crippen LogP contribution in [0.4, 0.5) is 0 Å². The van der Waals surface area contributed by atoms with Gasteiger partial charge in [0.15, 0.2) is 5.78 Å². The molecule has 0 bridgehead atoms. The molecule has 4 aliphatic rings. The lowest BCUT2D eigenvalue weighted by Gasteiger charge is -2.60. The lowest BCUT2D eigenvalue weighted by atomic mass is 9.45. The minimum absolute atomic E-state index is 0.0672. The molecule has 0 aromatic heterocycles. The summed E-state index contributed by atoms with van der Waals surface area (Å²) in [7, 11) is 0. The summed E-state index contributed by atoms with van der Waals surface area (Å²) in [5, 5.41) is 20.9. The van der Waals surface area contributed by atoms with Gasteiger partial charge in [0.2, 0.25) is 0 Å². The van der Waals surface area contributed by atoms with Gasteiger partial charge in [-0.15, -0.1) is 0 Å². The van der Waals surface area contributed by atoms with Crippen LogP contribution >= 0.6 is 0 Å². The summed E-state index contributed by atoms with van der Waals surface area (Å²) in [6, 6.07) is 0. The van der Waals surface area contributed by atoms with Crippen LogP contribution in [-0.2, 0) is 4.79 Å². The Kier molecular flexibility index (Phi) is 3.55. The third kappa shape index (κ3) is 1.99. The molecule has 0 radical (unpaired) electrons. The summed E-state index contributed by atoms with van der Waals surface area (Å²) >= 11 is 0. The highest BCUT2D eigenvalue weighted by Gasteiger charge is 2.61. The van der Waals surface area contributed by atoms with E-state index in [1.54, 1.807) is 0 Å². The van der Waals surface area contributed by atoms with Gasteiger partial charge in [-0.1, -0.05) is 19.4 Å². The summed E-state index contributed by atoms with van der Waals surface area (Å²) < 4.78 is 0. The average Bonchev–Trinajstić information content (AvgIpc) is 2.83. The van der Waals surface area contributed by atoms with Crippen molar-refractivity contribution in [2.75, 3.05) is 6.61 Å². The second kappa shape index (κ2) is 5.16. The number of aliphatic hydroxyl groups excluding tert-OH is 2. The molecule has 128 valence electrons. The molecule has 0 heterocycles. The number of hydrogen-bond donors (Lipinski definition) is 2. The second-order valence-electron chi connectivity index (χ2n) is 9.06. The van der Waals surface area contributed by atoms with Gasteiger partial charge in [0.25, 0.3) is 0 Å². The predicted molar refractivity (Wildman–Crippen MR) is 88.7 cm³/mol. The summed E-state index contributed by atoms with van der Waals surface area (Å²) in [5.41, 5.74) is 1.14. The first-order chi connectivity index (χ1) is 10.9. The molecule has 0 spiro atoms. The highest BCUT2D eigenvalue weighted by Crippen LogP contribution is 2.66. The molecule has 3 saturated carbocycles. The molecule has 0 aromatic rings. The number of fused-ring (bicyclic) bond motifs is 5. The van der Waals surface area contributed by atoms with Crippen molar-refractivity contribution < 1.29 is 15.0 Å². The van der Waals surface area contributed by atoms with Gasteiger partial charge >= 0.3 is 0 Å². The van der Waals surface area contributed by atoms with Crippen LogP contribution in [0.15, 0.2) is 11.6 Å². The fourth-order valence-corrected chi connectivity index (χ4v) is 6.99. The Balaban J connectivity index is 1.76. The van der Waals surface area contributed by atoms with E-state index in [0.717, 1.165) is 38.5 Å². The smallest absolute Gasteiger partial charge is 0.155 e. The molecule has 0 saturated heterocycles. The van der Waals surface area contributed by atoms with Gasteiger partial charge in [0.05, 0.1) is 12.7 Å². The number of ketones is 1. The van der Waals surface area contributed by atoms with Crippen molar-refractivity contribution in [2.24, 2.45) is 34.5 Å². The molecule has 0 aliphatic heterocycles. The standard InChI is InChI=1S/C20H30O3/c1-12-9-13-10-14(22)5-8-20(13,11-21)16-6-7-19(2)15(18(12)16)3-4-17(19)23/h10,12,15-18,21,23H,3-9,11H2,1-2H3/t12-,15+,16+,17+,18+,19+,20-/m1/s1. The maximum atomic E-state index is 11.9. The first-order valence-electron chi connectivity index (χ1n) is 9.45. The van der Waals surface area contributed by atoms with Gasteiger partial charge in [0, 0.05) is 11.8 Å². The summed E-state index contributed by atoms with van der Waals surface area (Å²) in [4.78, 5) is 11.9. The van der Waals surface area contributed by atoms with Gasteiger partial charge in [-0.05, 0) is 73.7 Å². The van der Waals surface area contributed by atoms with Crippen LogP contribution in [0, 0.1) is 34.5 Å². The van der Waals surface area contributed by atoms with Crippen molar-refractivity contribution in [3.05, 3.63) is 11.6 Å². The molecule has 0 amide bonds. The van der Waals surface area contributed by atoms with E-state index in [1.807, 2.05) is 6.08 Å². The van der Waals surface area contributed by atoms with Gasteiger partial charge < -0.3 is 10.2 Å². The SMILES string of the molecule is C[C@@H]1CC2=CC(=O)CC[C@]2(CO)[C@H]2CC[C@]3(C)[C@@H](O)CC[C@H]3[C@H]12. The van der Waals surface area contributed by atoms with Crippen molar-refractivity contribution in [2.45, 2.75) is 64.9 Å². The number of aliphatic hydroxyl groups is 2. The van der Waals surface area contributed by atoms with Crippen LogP contribution in [-0.4, -0.2) is 28.7 Å². The molecule has 4 rings (SSSR count). The maximum Gasteiger partial charge on any atom is 0.155 e. The molecule has 3 nitrogen and oxygen atoms in total. The number of rotatable bonds is 1. The molecule has 23 heavy (non-hydrogen) atoms. The largest absolute Gasteiger partial charge is 0.395 e. The van der Waals surface area contributed by atoms with Crippen molar-refractivity contribution >= 4 is 5.78 Å². The van der Waals surface area contributed by atoms with E-state index >= 15 is 0 Å². The van der Waals surface area contributed by atoms with E-state index in [-0.39, 0.29) is 29.3 Å². The van der Waals surface area contributed by atoms with Gasteiger partial charge in [-0.25, -0.2) is 0 Å². The van der Waals surface area contributed by atoms with Crippen LogP contribution < -0.4 is 0 Å². The third-order valence-corrected chi connectivity index (χ3v) is 8.27. The Labute approximate surface area is 139 Å². The van der Waals surface area contributed by atoms with E-state index in [4.69, 9.17) is 0 Å². The molecule has 3 heteroatoms. The Morgan fingerprint density at radius 2 is 2.00 bits per heavy atom. The zero-order valence-corrected chi connectivity index (χ0v) is 14.4. The van der Waals surface area contributed by atoms with Crippen LogP contribution in [0.3, 0.4) is 0 Å². The fraction of sp³-hybridized carbons (Fsp3) is 0.850. The Hall–Kier alpha value is -0.670. The van der Waals surface area contributed by atoms with E-state index in [1.165, 1.54) is 5.57 Å². The quantitative estimate of drug-likeness (QED) is 0.781. The van der Waals surface area contributed by atoms with Crippen LogP contribution in [0.1, 0.15) is 58.8 Å². The molecule has 3 fully saturated rings. The number of carbonyl (C=O) groups is 1. The zero-order valence-electron chi connectivity index (χ0n) is 14.4. The minimum atomic E-state index is -0.157. The lowest BCUT2D eigenvalue weighted by molar-refractivity contribution is -0.123. The number of hydrogen-bond acceptors (Lipinski definition) is 3. The molecule has 0 aromatic carbocycles. The number of carbonyl (C=O) groups excluding carboxylic acids is 1. The van der Waals surface area contributed by atoms with Crippen LogP contribution in [0.2, 0.25) is 0 Å². The van der Waals surface area contributed by atoms with E-state index in [0.29, 0.717) is 30.1 Å². The fourth-order valence-electron chi connectivity index (χ4n) is 6.99. The Morgan fingerprint density at radius 1 is 1.22 bits per heavy atom. The van der Waals surface area contributed by atoms with Crippen molar-refractivity contribution in [3.8, 4) is 0 Å². The lowest BCUT2D eigenvalue weighted by Crippen LogP contribution is -2.55. The van der Waals surface area contributed by atoms with Crippen molar-refractivity contribution in [1.82, 2.24) is 0 Å². The first kappa shape index (κ1) is 15.8. The highest BCUT2D eigenvalue weighted by atomic mass is 16.3. The van der Waals surface area contributed by atoms with Crippen LogP contribution in [0.5, 0.6) is 0 Å². The Morgan fingerprint density at radius 3 is 2.74 bits per heavy atom. The minimum Gasteiger partial charge on any atom is -0.395 e. The monoisotopic (exact) mass is 318 g/mol. The predicted octanol–water partition coefficient (Wildman–Crippen LogP) is 3.10. The summed E-state index contributed by atoms with van der Waals surface area (Å²) in [5.74, 6) is 2.44. The zero-order chi connectivity index (χ0) is 16.4. The third-order valence-electron chi connectivity index (χ3n) is 8.27. The summed E-state index contributed by atoms with van der Waals surface area (Å²) in [6.07, 6.45) is 8.30. The first-order valence-corrected chi connectivity index (χ1v) is 9.45. The van der Waals surface area contributed by atoms with Gasteiger partial charge in [-0.3, -0.25) is 4.79 Å².